The van der Waals surface area contributed by atoms with Crippen LogP contribution in [0.4, 0.5) is 0 Å². The Kier molecular flexibility index (Phi) is 6.13. The topological polar surface area (TPSA) is 60.7 Å². The number of rotatable bonds is 5. The van der Waals surface area contributed by atoms with Crippen molar-refractivity contribution < 1.29 is 9.53 Å². The summed E-state index contributed by atoms with van der Waals surface area (Å²) in [5.74, 6) is -0.462. The molecule has 3 heterocycles. The fourth-order valence-electron chi connectivity index (χ4n) is 3.97. The number of aromatic nitrogens is 1. The predicted octanol–water partition coefficient (Wildman–Crippen LogP) is 4.31. The first-order valence-electron chi connectivity index (χ1n) is 11.0. The molecule has 34 heavy (non-hydrogen) atoms. The van der Waals surface area contributed by atoms with Gasteiger partial charge in [0.05, 0.1) is 22.4 Å². The molecule has 1 atom stereocenters. The number of thiophene rings is 1. The monoisotopic (exact) mass is 486 g/mol. The molecule has 0 amide bonds. The summed E-state index contributed by atoms with van der Waals surface area (Å²) in [7, 11) is 0. The number of carbonyl (C=O) groups is 1. The third-order valence-electron chi connectivity index (χ3n) is 5.56. The standard InChI is InChI=1S/C27H22N2O3S2/c1-3-32-26(31)22-23(19-8-5-4-6-9-19)28-27-29(24(22)20-10-7-15-33-20)25(30)21(34-27)16-18-13-11-17(2)12-14-18/h4-16,24H,3H2,1-2H3/b21-16-/t24-/m0/s1. The van der Waals surface area contributed by atoms with Gasteiger partial charge in [-0.15, -0.1) is 11.3 Å². The van der Waals surface area contributed by atoms with Crippen molar-refractivity contribution in [1.82, 2.24) is 4.57 Å². The molecule has 0 saturated carbocycles. The normalized spacial score (nSPS) is 15.7. The third-order valence-corrected chi connectivity index (χ3v) is 7.47. The lowest BCUT2D eigenvalue weighted by molar-refractivity contribution is -0.138. The van der Waals surface area contributed by atoms with Crippen molar-refractivity contribution in [3.63, 3.8) is 0 Å². The molecule has 0 saturated heterocycles. The summed E-state index contributed by atoms with van der Waals surface area (Å²) in [6.07, 6.45) is 1.88. The number of benzene rings is 2. The number of hydrogen-bond acceptors (Lipinski definition) is 6. The number of esters is 1. The zero-order valence-corrected chi connectivity index (χ0v) is 20.4. The number of aryl methyl sites for hydroxylation is 1. The zero-order valence-electron chi connectivity index (χ0n) is 18.7. The minimum absolute atomic E-state index is 0.170. The van der Waals surface area contributed by atoms with Crippen LogP contribution >= 0.6 is 22.7 Å². The number of hydrogen-bond donors (Lipinski definition) is 0. The Balaban J connectivity index is 1.81. The van der Waals surface area contributed by atoms with Gasteiger partial charge in [-0.25, -0.2) is 9.79 Å². The maximum Gasteiger partial charge on any atom is 0.338 e. The van der Waals surface area contributed by atoms with Gasteiger partial charge < -0.3 is 4.74 Å². The van der Waals surface area contributed by atoms with Crippen LogP contribution in [0.25, 0.3) is 11.8 Å². The predicted molar refractivity (Wildman–Crippen MR) is 137 cm³/mol. The van der Waals surface area contributed by atoms with E-state index in [1.807, 2.05) is 85.1 Å². The van der Waals surface area contributed by atoms with E-state index in [2.05, 4.69) is 0 Å². The van der Waals surface area contributed by atoms with Crippen LogP contribution in [0.15, 0.2) is 87.5 Å². The number of thiazole rings is 1. The molecule has 2 aromatic carbocycles. The van der Waals surface area contributed by atoms with Crippen LogP contribution in [0.3, 0.4) is 0 Å². The first kappa shape index (κ1) is 22.3. The summed E-state index contributed by atoms with van der Waals surface area (Å²) in [6.45, 7) is 4.04. The number of fused-ring (bicyclic) bond motifs is 1. The van der Waals surface area contributed by atoms with Gasteiger partial charge in [-0.3, -0.25) is 9.36 Å². The van der Waals surface area contributed by atoms with Gasteiger partial charge in [0.2, 0.25) is 0 Å². The van der Waals surface area contributed by atoms with E-state index >= 15 is 0 Å². The quantitative estimate of drug-likeness (QED) is 0.395. The molecule has 2 aromatic heterocycles. The van der Waals surface area contributed by atoms with E-state index in [9.17, 15) is 9.59 Å². The van der Waals surface area contributed by atoms with Crippen molar-refractivity contribution in [3.8, 4) is 0 Å². The summed E-state index contributed by atoms with van der Waals surface area (Å²) >= 11 is 2.84. The molecule has 170 valence electrons. The minimum atomic E-state index is -0.606. The van der Waals surface area contributed by atoms with Crippen LogP contribution in [-0.2, 0) is 9.53 Å². The molecule has 0 bridgehead atoms. The van der Waals surface area contributed by atoms with E-state index in [4.69, 9.17) is 9.73 Å². The highest BCUT2D eigenvalue weighted by molar-refractivity contribution is 7.10. The molecule has 0 fully saturated rings. The lowest BCUT2D eigenvalue weighted by Crippen LogP contribution is -2.39. The number of nitrogens with zero attached hydrogens (tertiary/aromatic N) is 2. The highest BCUT2D eigenvalue weighted by Crippen LogP contribution is 2.36. The molecule has 1 aliphatic rings. The lowest BCUT2D eigenvalue weighted by Gasteiger charge is -2.24. The van der Waals surface area contributed by atoms with Crippen molar-refractivity contribution in [1.29, 1.82) is 0 Å². The van der Waals surface area contributed by atoms with E-state index in [1.54, 1.807) is 11.5 Å². The maximum atomic E-state index is 13.7. The minimum Gasteiger partial charge on any atom is -0.463 e. The largest absolute Gasteiger partial charge is 0.463 e. The van der Waals surface area contributed by atoms with Crippen LogP contribution in [0, 0.1) is 6.92 Å². The Morgan fingerprint density at radius 1 is 1.09 bits per heavy atom. The molecule has 0 N–H and O–H groups in total. The van der Waals surface area contributed by atoms with Gasteiger partial charge >= 0.3 is 5.97 Å². The molecular formula is C27H22N2O3S2. The molecule has 4 aromatic rings. The number of carbonyl (C=O) groups excluding carboxylic acids is 1. The molecule has 5 nitrogen and oxygen atoms in total. The van der Waals surface area contributed by atoms with E-state index in [0.717, 1.165) is 21.6 Å². The van der Waals surface area contributed by atoms with Gasteiger partial charge in [-0.2, -0.15) is 0 Å². The average molecular weight is 487 g/mol. The van der Waals surface area contributed by atoms with Gasteiger partial charge in [0, 0.05) is 10.4 Å². The molecule has 0 radical (unpaired) electrons. The Morgan fingerprint density at radius 2 is 1.85 bits per heavy atom. The second-order valence-electron chi connectivity index (χ2n) is 7.86. The van der Waals surface area contributed by atoms with E-state index in [-0.39, 0.29) is 12.2 Å². The Bertz CT molecular complexity index is 1540. The molecular weight excluding hydrogens is 464 g/mol. The Morgan fingerprint density at radius 3 is 2.53 bits per heavy atom. The highest BCUT2D eigenvalue weighted by Gasteiger charge is 2.35. The van der Waals surface area contributed by atoms with Crippen LogP contribution < -0.4 is 14.9 Å². The summed E-state index contributed by atoms with van der Waals surface area (Å²) in [5.41, 5.74) is 3.66. The SMILES string of the molecule is CCOC(=O)C1=C(c2ccccc2)N=c2s/c(=C\c3ccc(C)cc3)c(=O)n2[C@H]1c1cccs1. The third kappa shape index (κ3) is 4.08. The second-order valence-corrected chi connectivity index (χ2v) is 9.85. The lowest BCUT2D eigenvalue weighted by atomic mass is 9.97. The van der Waals surface area contributed by atoms with Crippen LogP contribution in [0.2, 0.25) is 0 Å². The van der Waals surface area contributed by atoms with E-state index in [0.29, 0.717) is 20.6 Å². The molecule has 1 aliphatic heterocycles. The van der Waals surface area contributed by atoms with Crippen molar-refractivity contribution in [2.24, 2.45) is 4.99 Å². The first-order chi connectivity index (χ1) is 16.6. The highest BCUT2D eigenvalue weighted by atomic mass is 32.1. The zero-order chi connectivity index (χ0) is 23.7. The van der Waals surface area contributed by atoms with Crippen LogP contribution in [0.1, 0.15) is 34.5 Å². The van der Waals surface area contributed by atoms with Crippen molar-refractivity contribution in [2.75, 3.05) is 6.61 Å². The Hall–Kier alpha value is -3.55. The van der Waals surface area contributed by atoms with Crippen LogP contribution in [0.5, 0.6) is 0 Å². The smallest absolute Gasteiger partial charge is 0.338 e. The first-order valence-corrected chi connectivity index (χ1v) is 12.6. The molecule has 5 rings (SSSR count). The number of ether oxygens (including phenoxy) is 1. The van der Waals surface area contributed by atoms with Crippen LogP contribution in [-0.4, -0.2) is 17.1 Å². The fraction of sp³-hybridized carbons (Fsp3) is 0.148. The summed E-state index contributed by atoms with van der Waals surface area (Å²) in [5, 5.41) is 1.95. The van der Waals surface area contributed by atoms with Gasteiger partial charge in [0.1, 0.15) is 6.04 Å². The molecule has 7 heteroatoms. The summed E-state index contributed by atoms with van der Waals surface area (Å²) in [6, 6.07) is 20.9. The van der Waals surface area contributed by atoms with Crippen molar-refractivity contribution >= 4 is 40.4 Å². The van der Waals surface area contributed by atoms with Gasteiger partial charge in [0.25, 0.3) is 5.56 Å². The fourth-order valence-corrected chi connectivity index (χ4v) is 5.79. The van der Waals surface area contributed by atoms with E-state index < -0.39 is 12.0 Å². The van der Waals surface area contributed by atoms with Gasteiger partial charge in [-0.05, 0) is 36.9 Å². The second kappa shape index (κ2) is 9.37. The van der Waals surface area contributed by atoms with Crippen molar-refractivity contribution in [3.05, 3.63) is 119 Å². The average Bonchev–Trinajstić information content (AvgIpc) is 3.49. The molecule has 0 spiro atoms. The molecule has 0 aliphatic carbocycles. The summed E-state index contributed by atoms with van der Waals surface area (Å²) in [4.78, 5) is 33.2. The summed E-state index contributed by atoms with van der Waals surface area (Å²) < 4.78 is 7.66. The van der Waals surface area contributed by atoms with E-state index in [1.165, 1.54) is 22.7 Å². The van der Waals surface area contributed by atoms with Gasteiger partial charge in [0.15, 0.2) is 4.80 Å². The van der Waals surface area contributed by atoms with Gasteiger partial charge in [-0.1, -0.05) is 77.6 Å². The molecule has 0 unspecified atom stereocenters. The maximum absolute atomic E-state index is 13.7. The Labute approximate surface area is 204 Å². The van der Waals surface area contributed by atoms with Crippen molar-refractivity contribution in [2.45, 2.75) is 19.9 Å².